The van der Waals surface area contributed by atoms with E-state index in [0.29, 0.717) is 17.7 Å². The van der Waals surface area contributed by atoms with Gasteiger partial charge in [-0.15, -0.1) is 0 Å². The normalized spacial score (nSPS) is 11.2. The first-order valence-corrected chi connectivity index (χ1v) is 7.84. The average molecular weight is 355 g/mol. The van der Waals surface area contributed by atoms with Gasteiger partial charge in [-0.1, -0.05) is 24.0 Å². The lowest BCUT2D eigenvalue weighted by Crippen LogP contribution is -2.35. The van der Waals surface area contributed by atoms with E-state index in [1.807, 2.05) is 0 Å². The van der Waals surface area contributed by atoms with E-state index >= 15 is 0 Å². The first kappa shape index (κ1) is 19.1. The molecule has 0 bridgehead atoms. The monoisotopic (exact) mass is 355 g/mol. The van der Waals surface area contributed by atoms with Crippen molar-refractivity contribution >= 4 is 11.8 Å². The Kier molecular flexibility index (Phi) is 6.04. The molecular weight excluding hydrogens is 337 g/mol. The largest absolute Gasteiger partial charge is 0.372 e. The highest BCUT2D eigenvalue weighted by atomic mass is 19.1. The number of benzene rings is 1. The summed E-state index contributed by atoms with van der Waals surface area (Å²) in [5.74, 6) is 3.27. The Morgan fingerprint density at radius 2 is 2.08 bits per heavy atom. The van der Waals surface area contributed by atoms with E-state index in [-0.39, 0.29) is 11.4 Å². The van der Waals surface area contributed by atoms with E-state index in [9.17, 15) is 19.1 Å². The summed E-state index contributed by atoms with van der Waals surface area (Å²) in [5.41, 5.74) is 5.94. The summed E-state index contributed by atoms with van der Waals surface area (Å²) in [6.45, 7) is 2.23. The number of likely N-dealkylation sites (N-methyl/N-ethyl adjacent to an activating group) is 1. The molecule has 7 heteroatoms. The minimum atomic E-state index is -1.45. The van der Waals surface area contributed by atoms with Gasteiger partial charge in [0.15, 0.2) is 6.10 Å². The number of aromatic nitrogens is 1. The molecule has 0 fully saturated rings. The Balaban J connectivity index is 2.33. The average Bonchev–Trinajstić information content (AvgIpc) is 2.65. The zero-order valence-electron chi connectivity index (χ0n) is 14.4. The van der Waals surface area contributed by atoms with Crippen LogP contribution in [-0.2, 0) is 4.79 Å². The van der Waals surface area contributed by atoms with Gasteiger partial charge in [-0.05, 0) is 31.2 Å². The SMILES string of the molecule is CCN(C)C(=O)C(O)C#Cc1cccc(-c2nc(C(N)=O)ccc2F)c1. The second-order valence-corrected chi connectivity index (χ2v) is 5.50. The van der Waals surface area contributed by atoms with Crippen molar-refractivity contribution < 1.29 is 19.1 Å². The van der Waals surface area contributed by atoms with Crippen molar-refractivity contribution in [2.24, 2.45) is 5.73 Å². The zero-order valence-corrected chi connectivity index (χ0v) is 14.4. The topological polar surface area (TPSA) is 96.5 Å². The first-order valence-electron chi connectivity index (χ1n) is 7.84. The van der Waals surface area contributed by atoms with Crippen LogP contribution in [0.1, 0.15) is 23.0 Å². The van der Waals surface area contributed by atoms with Crippen LogP contribution in [0.3, 0.4) is 0 Å². The number of nitrogens with zero attached hydrogens (tertiary/aromatic N) is 2. The fourth-order valence-corrected chi connectivity index (χ4v) is 2.10. The van der Waals surface area contributed by atoms with Crippen molar-refractivity contribution in [1.82, 2.24) is 9.88 Å². The van der Waals surface area contributed by atoms with Gasteiger partial charge in [-0.25, -0.2) is 9.37 Å². The maximum atomic E-state index is 14.1. The first-order chi connectivity index (χ1) is 12.3. The number of carbonyl (C=O) groups excluding carboxylic acids is 2. The fourth-order valence-electron chi connectivity index (χ4n) is 2.10. The summed E-state index contributed by atoms with van der Waals surface area (Å²) in [5, 5.41) is 9.82. The number of carbonyl (C=O) groups is 2. The molecule has 3 N–H and O–H groups in total. The number of rotatable bonds is 4. The van der Waals surface area contributed by atoms with Gasteiger partial charge in [0.1, 0.15) is 17.2 Å². The number of aliphatic hydroxyl groups excluding tert-OH is 1. The van der Waals surface area contributed by atoms with Crippen LogP contribution in [-0.4, -0.2) is 46.5 Å². The van der Waals surface area contributed by atoms with Crippen molar-refractivity contribution in [3.63, 3.8) is 0 Å². The van der Waals surface area contributed by atoms with Crippen LogP contribution in [0.2, 0.25) is 0 Å². The summed E-state index contributed by atoms with van der Waals surface area (Å²) in [4.78, 5) is 28.3. The Labute approximate surface area is 150 Å². The van der Waals surface area contributed by atoms with Gasteiger partial charge < -0.3 is 15.7 Å². The van der Waals surface area contributed by atoms with Gasteiger partial charge in [0.25, 0.3) is 11.8 Å². The van der Waals surface area contributed by atoms with Gasteiger partial charge in [0.2, 0.25) is 0 Å². The molecule has 2 aromatic rings. The molecule has 1 aromatic carbocycles. The van der Waals surface area contributed by atoms with E-state index in [4.69, 9.17) is 5.73 Å². The van der Waals surface area contributed by atoms with Crippen LogP contribution >= 0.6 is 0 Å². The molecule has 26 heavy (non-hydrogen) atoms. The molecule has 134 valence electrons. The molecule has 0 radical (unpaired) electrons. The van der Waals surface area contributed by atoms with Crippen molar-refractivity contribution in [3.8, 4) is 23.1 Å². The van der Waals surface area contributed by atoms with E-state index in [1.165, 1.54) is 11.0 Å². The number of aliphatic hydroxyl groups is 1. The summed E-state index contributed by atoms with van der Waals surface area (Å²) >= 11 is 0. The van der Waals surface area contributed by atoms with Crippen molar-refractivity contribution in [2.75, 3.05) is 13.6 Å². The molecule has 1 aromatic heterocycles. The summed E-state index contributed by atoms with van der Waals surface area (Å²) in [6.07, 6.45) is -1.45. The van der Waals surface area contributed by atoms with E-state index in [1.54, 1.807) is 38.2 Å². The van der Waals surface area contributed by atoms with Crippen LogP contribution in [0, 0.1) is 17.7 Å². The fraction of sp³-hybridized carbons (Fsp3) is 0.211. The van der Waals surface area contributed by atoms with Crippen LogP contribution in [0.25, 0.3) is 11.3 Å². The third-order valence-electron chi connectivity index (χ3n) is 3.67. The second-order valence-electron chi connectivity index (χ2n) is 5.50. The van der Waals surface area contributed by atoms with E-state index in [2.05, 4.69) is 16.8 Å². The summed E-state index contributed by atoms with van der Waals surface area (Å²) in [7, 11) is 1.56. The quantitative estimate of drug-likeness (QED) is 0.805. The Morgan fingerprint density at radius 3 is 2.73 bits per heavy atom. The zero-order chi connectivity index (χ0) is 19.3. The van der Waals surface area contributed by atoms with Crippen LogP contribution < -0.4 is 5.73 Å². The summed E-state index contributed by atoms with van der Waals surface area (Å²) in [6, 6.07) is 8.75. The lowest BCUT2D eigenvalue weighted by Gasteiger charge is -2.15. The molecular formula is C19H18FN3O3. The Hall–Kier alpha value is -3.24. The molecule has 6 nitrogen and oxygen atoms in total. The van der Waals surface area contributed by atoms with Gasteiger partial charge >= 0.3 is 0 Å². The van der Waals surface area contributed by atoms with Gasteiger partial charge in [0, 0.05) is 24.7 Å². The number of halogens is 1. The van der Waals surface area contributed by atoms with Crippen LogP contribution in [0.4, 0.5) is 4.39 Å². The molecule has 0 saturated carbocycles. The number of hydrogen-bond donors (Lipinski definition) is 2. The highest BCUT2D eigenvalue weighted by molar-refractivity contribution is 5.91. The number of amides is 2. The summed E-state index contributed by atoms with van der Waals surface area (Å²) < 4.78 is 14.1. The Morgan fingerprint density at radius 1 is 1.35 bits per heavy atom. The van der Waals surface area contributed by atoms with E-state index in [0.717, 1.165) is 6.07 Å². The maximum absolute atomic E-state index is 14.1. The minimum Gasteiger partial charge on any atom is -0.372 e. The molecule has 1 heterocycles. The number of hydrogen-bond acceptors (Lipinski definition) is 4. The lowest BCUT2D eigenvalue weighted by molar-refractivity contribution is -0.135. The highest BCUT2D eigenvalue weighted by Crippen LogP contribution is 2.22. The maximum Gasteiger partial charge on any atom is 0.267 e. The minimum absolute atomic E-state index is 0.0349. The van der Waals surface area contributed by atoms with Crippen LogP contribution in [0.15, 0.2) is 36.4 Å². The highest BCUT2D eigenvalue weighted by Gasteiger charge is 2.15. The molecule has 2 rings (SSSR count). The van der Waals surface area contributed by atoms with Crippen molar-refractivity contribution in [3.05, 3.63) is 53.5 Å². The van der Waals surface area contributed by atoms with Gasteiger partial charge in [-0.3, -0.25) is 9.59 Å². The van der Waals surface area contributed by atoms with Gasteiger partial charge in [0.05, 0.1) is 0 Å². The van der Waals surface area contributed by atoms with E-state index < -0.39 is 23.7 Å². The number of nitrogens with two attached hydrogens (primary N) is 1. The van der Waals surface area contributed by atoms with Crippen molar-refractivity contribution in [2.45, 2.75) is 13.0 Å². The third-order valence-corrected chi connectivity index (χ3v) is 3.67. The van der Waals surface area contributed by atoms with Crippen LogP contribution in [0.5, 0.6) is 0 Å². The predicted molar refractivity (Wildman–Crippen MR) is 94.3 cm³/mol. The molecule has 2 amide bonds. The molecule has 0 aliphatic carbocycles. The van der Waals surface area contributed by atoms with Gasteiger partial charge in [-0.2, -0.15) is 0 Å². The molecule has 0 aliphatic heterocycles. The lowest BCUT2D eigenvalue weighted by atomic mass is 10.1. The molecule has 1 unspecified atom stereocenters. The third kappa shape index (κ3) is 4.43. The molecule has 0 spiro atoms. The second kappa shape index (κ2) is 8.23. The Bertz CT molecular complexity index is 902. The molecule has 0 saturated heterocycles. The van der Waals surface area contributed by atoms with Crippen molar-refractivity contribution in [1.29, 1.82) is 0 Å². The number of primary amides is 1. The number of pyridine rings is 1. The smallest absolute Gasteiger partial charge is 0.267 e. The standard InChI is InChI=1S/C19H18FN3O3/c1-3-23(2)19(26)16(24)10-7-12-5-4-6-13(11-12)17-14(20)8-9-15(22-17)18(21)25/h4-6,8-9,11,16,24H,3H2,1-2H3,(H2,21,25). The molecule has 1 atom stereocenters. The predicted octanol–water partition coefficient (Wildman–Crippen LogP) is 1.18. The molecule has 0 aliphatic rings.